The number of carboxylic acid groups (broad SMARTS) is 1. The molecular weight excluding hydrogens is 322 g/mol. The lowest BCUT2D eigenvalue weighted by Crippen LogP contribution is -2.46. The second kappa shape index (κ2) is 6.47. The smallest absolute Gasteiger partial charge is 0.336 e. The molecule has 0 aromatic heterocycles. The number of fused-ring (bicyclic) bond motifs is 1. The van der Waals surface area contributed by atoms with Crippen LogP contribution in [0.4, 0.5) is 5.69 Å². The number of rotatable bonds is 3. The summed E-state index contributed by atoms with van der Waals surface area (Å²) >= 11 is 0. The van der Waals surface area contributed by atoms with Crippen LogP contribution in [0.15, 0.2) is 36.4 Å². The maximum absolute atomic E-state index is 12.6. The van der Waals surface area contributed by atoms with Gasteiger partial charge < -0.3 is 19.9 Å². The third kappa shape index (κ3) is 3.28. The fourth-order valence-corrected chi connectivity index (χ4v) is 2.83. The topological polar surface area (TPSA) is 84.9 Å². The Morgan fingerprint density at radius 3 is 2.32 bits per heavy atom. The van der Waals surface area contributed by atoms with Crippen LogP contribution >= 0.6 is 0 Å². The SMILES string of the molecule is Cc1cc(C)c(C(=O)O)cc1NC(=O)C1Oc2ccccc2OC1C. The van der Waals surface area contributed by atoms with Gasteiger partial charge in [0.2, 0.25) is 6.10 Å². The molecule has 130 valence electrons. The Hall–Kier alpha value is -3.02. The van der Waals surface area contributed by atoms with Crippen molar-refractivity contribution in [3.05, 3.63) is 53.1 Å². The summed E-state index contributed by atoms with van der Waals surface area (Å²) in [6.45, 7) is 5.29. The predicted octanol–water partition coefficient (Wildman–Crippen LogP) is 3.17. The number of carbonyl (C=O) groups excluding carboxylic acids is 1. The number of hydrogen-bond acceptors (Lipinski definition) is 4. The van der Waals surface area contributed by atoms with Crippen molar-refractivity contribution in [2.24, 2.45) is 0 Å². The Morgan fingerprint density at radius 1 is 1.04 bits per heavy atom. The van der Waals surface area contributed by atoms with Crippen LogP contribution in [0.25, 0.3) is 0 Å². The summed E-state index contributed by atoms with van der Waals surface area (Å²) in [5.74, 6) is -0.316. The van der Waals surface area contributed by atoms with Gasteiger partial charge in [-0.1, -0.05) is 18.2 Å². The molecule has 2 aromatic carbocycles. The molecular formula is C19H19NO5. The van der Waals surface area contributed by atoms with Crippen molar-refractivity contribution in [2.45, 2.75) is 33.0 Å². The molecule has 1 heterocycles. The monoisotopic (exact) mass is 341 g/mol. The van der Waals surface area contributed by atoms with Crippen LogP contribution in [0.1, 0.15) is 28.4 Å². The quantitative estimate of drug-likeness (QED) is 0.896. The van der Waals surface area contributed by atoms with Crippen molar-refractivity contribution in [1.82, 2.24) is 0 Å². The van der Waals surface area contributed by atoms with E-state index >= 15 is 0 Å². The number of amides is 1. The molecule has 2 unspecified atom stereocenters. The Balaban J connectivity index is 1.83. The number of aryl methyl sites for hydroxylation is 2. The maximum Gasteiger partial charge on any atom is 0.336 e. The zero-order valence-electron chi connectivity index (χ0n) is 14.2. The third-order valence-electron chi connectivity index (χ3n) is 4.16. The van der Waals surface area contributed by atoms with E-state index in [4.69, 9.17) is 9.47 Å². The summed E-state index contributed by atoms with van der Waals surface area (Å²) in [4.78, 5) is 23.9. The Morgan fingerprint density at radius 2 is 1.68 bits per heavy atom. The molecule has 0 bridgehead atoms. The molecule has 6 nitrogen and oxygen atoms in total. The van der Waals surface area contributed by atoms with Crippen LogP contribution in [-0.4, -0.2) is 29.2 Å². The number of benzene rings is 2. The first kappa shape index (κ1) is 16.8. The highest BCUT2D eigenvalue weighted by Crippen LogP contribution is 2.34. The average Bonchev–Trinajstić information content (AvgIpc) is 2.56. The largest absolute Gasteiger partial charge is 0.482 e. The number of hydrogen-bond donors (Lipinski definition) is 2. The molecule has 0 saturated heterocycles. The highest BCUT2D eigenvalue weighted by molar-refractivity contribution is 5.98. The van der Waals surface area contributed by atoms with E-state index in [1.165, 1.54) is 6.07 Å². The molecule has 1 aliphatic rings. The van der Waals surface area contributed by atoms with Crippen molar-refractivity contribution < 1.29 is 24.2 Å². The van der Waals surface area contributed by atoms with E-state index in [0.717, 1.165) is 5.56 Å². The summed E-state index contributed by atoms with van der Waals surface area (Å²) in [7, 11) is 0. The van der Waals surface area contributed by atoms with E-state index in [9.17, 15) is 14.7 Å². The first-order valence-corrected chi connectivity index (χ1v) is 7.94. The molecule has 2 N–H and O–H groups in total. The second-order valence-electron chi connectivity index (χ2n) is 6.08. The Kier molecular flexibility index (Phi) is 4.35. The summed E-state index contributed by atoms with van der Waals surface area (Å²) in [5.41, 5.74) is 2.02. The van der Waals surface area contributed by atoms with Gasteiger partial charge in [-0.25, -0.2) is 4.79 Å². The molecule has 2 aromatic rings. The van der Waals surface area contributed by atoms with E-state index in [-0.39, 0.29) is 11.5 Å². The van der Waals surface area contributed by atoms with Crippen molar-refractivity contribution in [3.63, 3.8) is 0 Å². The minimum Gasteiger partial charge on any atom is -0.482 e. The predicted molar refractivity (Wildman–Crippen MR) is 92.5 cm³/mol. The summed E-state index contributed by atoms with van der Waals surface area (Å²) < 4.78 is 11.5. The molecule has 0 radical (unpaired) electrons. The van der Waals surface area contributed by atoms with E-state index in [1.807, 2.05) is 13.0 Å². The number of para-hydroxylation sites is 2. The highest BCUT2D eigenvalue weighted by atomic mass is 16.6. The first-order chi connectivity index (χ1) is 11.9. The van der Waals surface area contributed by atoms with E-state index in [0.29, 0.717) is 22.7 Å². The lowest BCUT2D eigenvalue weighted by Gasteiger charge is -2.31. The minimum absolute atomic E-state index is 0.153. The molecule has 1 amide bonds. The van der Waals surface area contributed by atoms with E-state index < -0.39 is 18.2 Å². The third-order valence-corrected chi connectivity index (χ3v) is 4.16. The van der Waals surface area contributed by atoms with Gasteiger partial charge in [0.1, 0.15) is 6.10 Å². The molecule has 1 aliphatic heterocycles. The number of nitrogens with one attached hydrogen (secondary N) is 1. The van der Waals surface area contributed by atoms with Gasteiger partial charge in [-0.15, -0.1) is 0 Å². The van der Waals surface area contributed by atoms with Gasteiger partial charge in [-0.3, -0.25) is 4.79 Å². The van der Waals surface area contributed by atoms with Crippen LogP contribution in [0, 0.1) is 13.8 Å². The maximum atomic E-state index is 12.6. The number of anilines is 1. The summed E-state index contributed by atoms with van der Waals surface area (Å²) in [6.07, 6.45) is -1.30. The van der Waals surface area contributed by atoms with Crippen LogP contribution in [0.2, 0.25) is 0 Å². The van der Waals surface area contributed by atoms with Gasteiger partial charge in [0.15, 0.2) is 11.5 Å². The number of carboxylic acids is 1. The molecule has 2 atom stereocenters. The first-order valence-electron chi connectivity index (χ1n) is 7.94. The van der Waals surface area contributed by atoms with E-state index in [1.54, 1.807) is 38.1 Å². The molecule has 0 fully saturated rings. The number of carbonyl (C=O) groups is 2. The minimum atomic E-state index is -1.03. The van der Waals surface area contributed by atoms with Crippen molar-refractivity contribution in [3.8, 4) is 11.5 Å². The fourth-order valence-electron chi connectivity index (χ4n) is 2.83. The van der Waals surface area contributed by atoms with E-state index in [2.05, 4.69) is 5.32 Å². The normalized spacial score (nSPS) is 18.5. The molecule has 6 heteroatoms. The molecule has 3 rings (SSSR count). The van der Waals surface area contributed by atoms with Crippen molar-refractivity contribution >= 4 is 17.6 Å². The average molecular weight is 341 g/mol. The molecule has 25 heavy (non-hydrogen) atoms. The highest BCUT2D eigenvalue weighted by Gasteiger charge is 2.34. The van der Waals surface area contributed by atoms with Crippen LogP contribution in [-0.2, 0) is 4.79 Å². The summed E-state index contributed by atoms with van der Waals surface area (Å²) in [5, 5.41) is 12.0. The fraction of sp³-hybridized carbons (Fsp3) is 0.263. The van der Waals surface area contributed by atoms with Gasteiger partial charge in [-0.2, -0.15) is 0 Å². The number of aromatic carboxylic acids is 1. The van der Waals surface area contributed by atoms with Gasteiger partial charge in [0, 0.05) is 5.69 Å². The standard InChI is InChI=1S/C19H19NO5/c1-10-8-11(2)14(9-13(10)19(22)23)20-18(21)17-12(3)24-15-6-4-5-7-16(15)25-17/h4-9,12,17H,1-3H3,(H,20,21)(H,22,23). The zero-order chi connectivity index (χ0) is 18.1. The van der Waals surface area contributed by atoms with Crippen molar-refractivity contribution in [2.75, 3.05) is 5.32 Å². The molecule has 0 spiro atoms. The van der Waals surface area contributed by atoms with Gasteiger partial charge in [0.25, 0.3) is 5.91 Å². The van der Waals surface area contributed by atoms with Gasteiger partial charge in [-0.05, 0) is 50.1 Å². The van der Waals surface area contributed by atoms with Crippen LogP contribution < -0.4 is 14.8 Å². The summed E-state index contributed by atoms with van der Waals surface area (Å²) in [6, 6.07) is 10.3. The zero-order valence-corrected chi connectivity index (χ0v) is 14.2. The lowest BCUT2D eigenvalue weighted by atomic mass is 10.0. The van der Waals surface area contributed by atoms with Gasteiger partial charge in [0.05, 0.1) is 5.56 Å². The molecule has 0 aliphatic carbocycles. The van der Waals surface area contributed by atoms with Crippen LogP contribution in [0.3, 0.4) is 0 Å². The van der Waals surface area contributed by atoms with Gasteiger partial charge >= 0.3 is 5.97 Å². The Bertz CT molecular complexity index is 846. The second-order valence-corrected chi connectivity index (χ2v) is 6.08. The lowest BCUT2D eigenvalue weighted by molar-refractivity contribution is -0.128. The molecule has 0 saturated carbocycles. The Labute approximate surface area is 145 Å². The van der Waals surface area contributed by atoms with Crippen LogP contribution in [0.5, 0.6) is 11.5 Å². The number of ether oxygens (including phenoxy) is 2. The van der Waals surface area contributed by atoms with Crippen molar-refractivity contribution in [1.29, 1.82) is 0 Å².